The number of ether oxygens (including phenoxy) is 3. The predicted molar refractivity (Wildman–Crippen MR) is 196 cm³/mol. The van der Waals surface area contributed by atoms with Gasteiger partial charge in [0.25, 0.3) is 0 Å². The maximum absolute atomic E-state index is 13.5. The largest absolute Gasteiger partial charge is 0.490 e. The fourth-order valence-corrected chi connectivity index (χ4v) is 7.31. The zero-order valence-corrected chi connectivity index (χ0v) is 31.3. The van der Waals surface area contributed by atoms with Crippen molar-refractivity contribution in [1.29, 1.82) is 0 Å². The van der Waals surface area contributed by atoms with Crippen molar-refractivity contribution in [1.82, 2.24) is 9.29 Å². The van der Waals surface area contributed by atoms with Crippen LogP contribution in [0.2, 0.25) is 5.02 Å². The normalized spacial score (nSPS) is 17.7. The van der Waals surface area contributed by atoms with Gasteiger partial charge in [-0.25, -0.2) is 8.42 Å². The summed E-state index contributed by atoms with van der Waals surface area (Å²) in [5.74, 6) is 0.628. The fraction of sp³-hybridized carbons (Fsp3) is 0.526. The number of sulfonamides is 1. The van der Waals surface area contributed by atoms with Crippen LogP contribution in [0.4, 0.5) is 0 Å². The fourth-order valence-electron chi connectivity index (χ4n) is 5.93. The summed E-state index contributed by atoms with van der Waals surface area (Å²) >= 11 is 6.54. The van der Waals surface area contributed by atoms with Crippen molar-refractivity contribution in [3.05, 3.63) is 77.1 Å². The maximum Gasteiger partial charge on any atom is 0.242 e. The first-order chi connectivity index (χ1) is 25.4. The van der Waals surface area contributed by atoms with Crippen LogP contribution in [0.3, 0.4) is 0 Å². The Morgan fingerprint density at radius 3 is 2.45 bits per heavy atom. The van der Waals surface area contributed by atoms with E-state index in [9.17, 15) is 33.6 Å². The second kappa shape index (κ2) is 18.5. The second-order valence-electron chi connectivity index (χ2n) is 13.7. The average molecular weight is 777 g/mol. The van der Waals surface area contributed by atoms with Crippen LogP contribution < -0.4 is 4.74 Å². The first kappa shape index (κ1) is 41.1. The van der Waals surface area contributed by atoms with Gasteiger partial charge in [0.1, 0.15) is 29.8 Å². The van der Waals surface area contributed by atoms with Crippen LogP contribution in [0.25, 0.3) is 11.1 Å². The third-order valence-electron chi connectivity index (χ3n) is 9.58. The molecule has 2 fully saturated rings. The number of rotatable bonds is 23. The number of nitrogens with zero attached hydrogens (tertiary/aromatic N) is 2. The minimum atomic E-state index is -3.89. The molecule has 5 rings (SSSR count). The van der Waals surface area contributed by atoms with Crippen molar-refractivity contribution < 1.29 is 53.0 Å². The van der Waals surface area contributed by atoms with E-state index in [-0.39, 0.29) is 62.4 Å². The van der Waals surface area contributed by atoms with E-state index in [1.54, 1.807) is 12.3 Å². The highest BCUT2D eigenvalue weighted by Crippen LogP contribution is 2.53. The van der Waals surface area contributed by atoms with Crippen molar-refractivity contribution in [3.8, 4) is 16.9 Å². The molecule has 2 aromatic carbocycles. The molecule has 53 heavy (non-hydrogen) atoms. The Bertz CT molecular complexity index is 1790. The molecule has 0 radical (unpaired) electrons. The lowest BCUT2D eigenvalue weighted by atomic mass is 9.96. The van der Waals surface area contributed by atoms with Gasteiger partial charge in [-0.05, 0) is 80.0 Å². The molecule has 1 heterocycles. The number of halogens is 1. The molecule has 0 spiro atoms. The summed E-state index contributed by atoms with van der Waals surface area (Å²) in [6.45, 7) is -0.332. The molecule has 0 unspecified atom stereocenters. The molecule has 2 saturated carbocycles. The van der Waals surface area contributed by atoms with E-state index >= 15 is 0 Å². The first-order valence-electron chi connectivity index (χ1n) is 17.9. The lowest BCUT2D eigenvalue weighted by Gasteiger charge is -2.25. The molecule has 0 amide bonds. The molecule has 0 saturated heterocycles. The van der Waals surface area contributed by atoms with Crippen molar-refractivity contribution >= 4 is 27.4 Å². The van der Waals surface area contributed by atoms with Crippen LogP contribution in [0.5, 0.6) is 5.75 Å². The molecule has 2 aliphatic carbocycles. The van der Waals surface area contributed by atoms with Crippen LogP contribution in [-0.2, 0) is 36.5 Å². The van der Waals surface area contributed by atoms with Crippen LogP contribution in [0, 0.1) is 0 Å². The van der Waals surface area contributed by atoms with Gasteiger partial charge in [0.2, 0.25) is 10.0 Å². The molecule has 15 heteroatoms. The number of carbonyl (C=O) groups excluding carboxylic acids is 1. The Balaban J connectivity index is 1.10. The number of benzene rings is 2. The Labute approximate surface area is 315 Å². The number of ketones is 1. The Kier molecular flexibility index (Phi) is 14.4. The Hall–Kier alpha value is -3.02. The molecule has 4 atom stereocenters. The molecule has 3 aromatic rings. The highest BCUT2D eigenvalue weighted by molar-refractivity contribution is 7.89. The van der Waals surface area contributed by atoms with E-state index in [0.717, 1.165) is 48.1 Å². The van der Waals surface area contributed by atoms with Crippen molar-refractivity contribution in [2.45, 2.75) is 99.0 Å². The number of pyridine rings is 1. The summed E-state index contributed by atoms with van der Waals surface area (Å²) < 4.78 is 46.4. The van der Waals surface area contributed by atoms with Crippen LogP contribution in [0.1, 0.15) is 62.5 Å². The van der Waals surface area contributed by atoms with Crippen molar-refractivity contribution in [2.75, 3.05) is 33.4 Å². The van der Waals surface area contributed by atoms with E-state index < -0.39 is 46.6 Å². The number of aliphatic hydroxyl groups excluding tert-OH is 5. The first-order valence-corrected chi connectivity index (χ1v) is 19.7. The number of Topliss-reactive ketones (excluding diaryl/α,β-unsaturated/α-hetero) is 1. The molecule has 290 valence electrons. The summed E-state index contributed by atoms with van der Waals surface area (Å²) in [5.41, 5.74) is 2.85. The van der Waals surface area contributed by atoms with Crippen molar-refractivity contribution in [2.24, 2.45) is 0 Å². The minimum Gasteiger partial charge on any atom is -0.490 e. The molecule has 0 aliphatic heterocycles. The summed E-state index contributed by atoms with van der Waals surface area (Å²) in [4.78, 5) is 16.7. The molecule has 1 aromatic heterocycles. The predicted octanol–water partition coefficient (Wildman–Crippen LogP) is 3.35. The van der Waals surface area contributed by atoms with Crippen LogP contribution in [-0.4, -0.2) is 113 Å². The third kappa shape index (κ3) is 10.8. The van der Waals surface area contributed by atoms with Gasteiger partial charge in [-0.2, -0.15) is 4.31 Å². The minimum absolute atomic E-state index is 0.0644. The van der Waals surface area contributed by atoms with Gasteiger partial charge < -0.3 is 39.7 Å². The molecular formula is C38H49ClN2O11S. The zero-order chi connectivity index (χ0) is 38.2. The van der Waals surface area contributed by atoms with Crippen molar-refractivity contribution in [3.63, 3.8) is 0 Å². The topological polar surface area (TPSA) is 196 Å². The highest BCUT2D eigenvalue weighted by Gasteiger charge is 2.48. The zero-order valence-electron chi connectivity index (χ0n) is 29.7. The lowest BCUT2D eigenvalue weighted by Crippen LogP contribution is -2.45. The number of carbonyl (C=O) groups is 1. The van der Waals surface area contributed by atoms with E-state index in [1.165, 1.54) is 23.5 Å². The maximum atomic E-state index is 13.5. The van der Waals surface area contributed by atoms with Crippen LogP contribution in [0.15, 0.2) is 65.8 Å². The number of para-hydroxylation sites is 1. The van der Waals surface area contributed by atoms with Gasteiger partial charge in [0, 0.05) is 61.6 Å². The third-order valence-corrected chi connectivity index (χ3v) is 11.8. The monoisotopic (exact) mass is 776 g/mol. The number of hydrogen-bond acceptors (Lipinski definition) is 12. The quantitative estimate of drug-likeness (QED) is 0.0883. The molecule has 0 bridgehead atoms. The van der Waals surface area contributed by atoms with E-state index in [4.69, 9.17) is 30.9 Å². The smallest absolute Gasteiger partial charge is 0.242 e. The highest BCUT2D eigenvalue weighted by atomic mass is 35.5. The van der Waals surface area contributed by atoms with Gasteiger partial charge in [-0.1, -0.05) is 29.8 Å². The van der Waals surface area contributed by atoms with Crippen LogP contribution >= 0.6 is 11.6 Å². The van der Waals surface area contributed by atoms with Gasteiger partial charge in [-0.15, -0.1) is 0 Å². The SMILES string of the molecule is CN(CCOCCCC(=O)CC[C@@H](O)[C@H](O)[C@@H](O)[C@@H](O)CO)S(=O)(=O)c1ccc(Cl)c(COC2(c3cnccc3-c3ccccc3OC3CC3)CC2)c1. The number of aromatic nitrogens is 1. The van der Waals surface area contributed by atoms with E-state index in [2.05, 4.69) is 4.98 Å². The van der Waals surface area contributed by atoms with Gasteiger partial charge in [0.15, 0.2) is 0 Å². The Morgan fingerprint density at radius 2 is 1.74 bits per heavy atom. The number of aliphatic hydroxyl groups is 5. The second-order valence-corrected chi connectivity index (χ2v) is 16.1. The number of hydrogen-bond donors (Lipinski definition) is 5. The molecule has 13 nitrogen and oxygen atoms in total. The summed E-state index contributed by atoms with van der Waals surface area (Å²) in [6.07, 6.45) is 1.26. The summed E-state index contributed by atoms with van der Waals surface area (Å²) in [7, 11) is -2.44. The molecule has 2 aliphatic rings. The van der Waals surface area contributed by atoms with Gasteiger partial charge in [0.05, 0.1) is 42.5 Å². The number of likely N-dealkylation sites (N-methyl/N-ethyl adjacent to an activating group) is 1. The standard InChI is InChI=1S/C38H49ClN2O11S/c1-41(18-20-50-19-4-5-26(43)8-13-33(44)36(46)37(47)34(45)23-42)53(48,49)28-11-12-32(39)25(21-28)24-51-38(15-16-38)31-22-40-17-14-29(31)30-6-2-3-7-35(30)52-27-9-10-27/h2-3,6-7,11-12,14,17,21-22,27,33-34,36-37,42,44-47H,4-5,8-10,13,15-16,18-20,23-24H2,1H3/t33-,34+,36+,37+/m1/s1. The molecule has 5 N–H and O–H groups in total. The summed E-state index contributed by atoms with van der Waals surface area (Å²) in [5, 5.41) is 48.2. The van der Waals surface area contributed by atoms with E-state index in [0.29, 0.717) is 17.0 Å². The lowest BCUT2D eigenvalue weighted by molar-refractivity contribution is -0.125. The average Bonchev–Trinajstić information content (AvgIpc) is 4.11. The van der Waals surface area contributed by atoms with Gasteiger partial charge >= 0.3 is 0 Å². The van der Waals surface area contributed by atoms with E-state index in [1.807, 2.05) is 36.5 Å². The summed E-state index contributed by atoms with van der Waals surface area (Å²) in [6, 6.07) is 14.5. The molecular weight excluding hydrogens is 728 g/mol. The van der Waals surface area contributed by atoms with Gasteiger partial charge in [-0.3, -0.25) is 9.78 Å². The Morgan fingerprint density at radius 1 is 1.00 bits per heavy atom.